The first-order chi connectivity index (χ1) is 12.8. The van der Waals surface area contributed by atoms with E-state index in [0.29, 0.717) is 12.4 Å². The van der Waals surface area contributed by atoms with Crippen LogP contribution in [0.25, 0.3) is 0 Å². The van der Waals surface area contributed by atoms with E-state index in [9.17, 15) is 0 Å². The minimum Gasteiger partial charge on any atom is -0.268 e. The fourth-order valence-electron chi connectivity index (χ4n) is 2.83. The number of benzene rings is 2. The Morgan fingerprint density at radius 3 is 2.30 bits per heavy atom. The van der Waals surface area contributed by atoms with Crippen LogP contribution in [0.2, 0.25) is 0 Å². The third-order valence-corrected chi connectivity index (χ3v) is 4.61. The van der Waals surface area contributed by atoms with Gasteiger partial charge in [0.05, 0.1) is 12.1 Å². The van der Waals surface area contributed by atoms with E-state index in [1.807, 2.05) is 39.8 Å². The number of aryl methyl sites for hydroxylation is 2. The average molecular weight is 390 g/mol. The molecule has 0 saturated heterocycles. The lowest BCUT2D eigenvalue weighted by Gasteiger charge is -2.31. The molecule has 2 rings (SSSR count). The molecule has 0 aliphatic heterocycles. The molecule has 0 radical (unpaired) electrons. The van der Waals surface area contributed by atoms with Crippen molar-refractivity contribution in [2.45, 2.75) is 65.0 Å². The number of halogens is 1. The molecule has 0 fully saturated rings. The van der Waals surface area contributed by atoms with E-state index in [4.69, 9.17) is 21.3 Å². The number of rotatable bonds is 9. The molecule has 27 heavy (non-hydrogen) atoms. The number of hydrogen-bond acceptors (Lipinski definition) is 3. The third-order valence-electron chi connectivity index (χ3n) is 4.30. The summed E-state index contributed by atoms with van der Waals surface area (Å²) >= 11 is 5.88. The monoisotopic (exact) mass is 389 g/mol. The molecule has 0 bridgehead atoms. The van der Waals surface area contributed by atoms with Crippen molar-refractivity contribution in [3.05, 3.63) is 70.8 Å². The van der Waals surface area contributed by atoms with Crippen LogP contribution in [0.5, 0.6) is 0 Å². The first kappa shape index (κ1) is 21.9. The molecule has 0 spiro atoms. The lowest BCUT2D eigenvalue weighted by molar-refractivity contribution is -0.416. The van der Waals surface area contributed by atoms with Gasteiger partial charge in [0.1, 0.15) is 6.10 Å². The van der Waals surface area contributed by atoms with Crippen molar-refractivity contribution in [2.24, 2.45) is 0 Å². The Morgan fingerprint density at radius 2 is 1.70 bits per heavy atom. The molecule has 1 unspecified atom stereocenters. The second-order valence-electron chi connectivity index (χ2n) is 7.91. The second-order valence-corrected chi connectivity index (χ2v) is 8.18. The maximum absolute atomic E-state index is 6.13. The Balaban J connectivity index is 1.97. The zero-order chi connectivity index (χ0) is 19.9. The molecule has 2 aromatic carbocycles. The van der Waals surface area contributed by atoms with Gasteiger partial charge in [-0.15, -0.1) is 11.6 Å². The summed E-state index contributed by atoms with van der Waals surface area (Å²) in [5, 5.41) is 1.65. The molecular weight excluding hydrogens is 358 g/mol. The van der Waals surface area contributed by atoms with Gasteiger partial charge in [0.2, 0.25) is 0 Å². The van der Waals surface area contributed by atoms with Crippen LogP contribution in [-0.2, 0) is 22.0 Å². The van der Waals surface area contributed by atoms with E-state index in [-0.39, 0.29) is 11.7 Å². The Labute approximate surface area is 169 Å². The Morgan fingerprint density at radius 1 is 1.04 bits per heavy atom. The smallest absolute Gasteiger partial charge is 0.104 e. The molecule has 0 amide bonds. The highest BCUT2D eigenvalue weighted by atomic mass is 35.5. The van der Waals surface area contributed by atoms with Crippen LogP contribution < -0.4 is 0 Å². The molecule has 3 nitrogen and oxygen atoms in total. The van der Waals surface area contributed by atoms with E-state index in [0.717, 1.165) is 24.0 Å². The van der Waals surface area contributed by atoms with Gasteiger partial charge in [0.15, 0.2) is 0 Å². The highest BCUT2D eigenvalue weighted by molar-refractivity contribution is 6.17. The summed E-state index contributed by atoms with van der Waals surface area (Å²) in [6, 6.07) is 16.7. The van der Waals surface area contributed by atoms with Gasteiger partial charge in [-0.25, -0.2) is 0 Å². The van der Waals surface area contributed by atoms with Crippen LogP contribution in [0.3, 0.4) is 0 Å². The summed E-state index contributed by atoms with van der Waals surface area (Å²) in [5.41, 5.74) is 4.59. The number of hydrogen-bond donors (Lipinski definition) is 0. The largest absolute Gasteiger partial charge is 0.268 e. The maximum atomic E-state index is 6.13. The number of hydroxylamine groups is 2. The molecule has 0 aliphatic carbocycles. The molecule has 0 aromatic heterocycles. The quantitative estimate of drug-likeness (QED) is 0.366. The van der Waals surface area contributed by atoms with E-state index in [2.05, 4.69) is 43.3 Å². The van der Waals surface area contributed by atoms with Crippen LogP contribution in [0, 0.1) is 6.92 Å². The van der Waals surface area contributed by atoms with Crippen LogP contribution in [0.15, 0.2) is 48.5 Å². The summed E-state index contributed by atoms with van der Waals surface area (Å²) in [4.78, 5) is 12.2. The van der Waals surface area contributed by atoms with E-state index < -0.39 is 0 Å². The Bertz CT molecular complexity index is 694. The Hall–Kier alpha value is -1.39. The minimum atomic E-state index is -0.315. The van der Waals surface area contributed by atoms with Crippen molar-refractivity contribution in [3.8, 4) is 0 Å². The summed E-state index contributed by atoms with van der Waals surface area (Å²) < 4.78 is 0. The van der Waals surface area contributed by atoms with Crippen molar-refractivity contribution >= 4 is 11.6 Å². The number of nitrogens with zero attached hydrogens (tertiary/aromatic N) is 1. The number of alkyl halides is 1. The Kier molecular flexibility index (Phi) is 8.30. The maximum Gasteiger partial charge on any atom is 0.104 e. The van der Waals surface area contributed by atoms with Gasteiger partial charge in [0.25, 0.3) is 0 Å². The molecule has 4 heteroatoms. The molecule has 148 valence electrons. The van der Waals surface area contributed by atoms with Crippen molar-refractivity contribution in [1.82, 2.24) is 5.23 Å². The molecular formula is C23H32ClNO2. The molecule has 0 aliphatic rings. The van der Waals surface area contributed by atoms with Gasteiger partial charge in [-0.2, -0.15) is 0 Å². The molecule has 0 saturated carbocycles. The summed E-state index contributed by atoms with van der Waals surface area (Å²) in [5.74, 6) is 0.522. The van der Waals surface area contributed by atoms with E-state index >= 15 is 0 Å². The zero-order valence-electron chi connectivity index (χ0n) is 17.2. The van der Waals surface area contributed by atoms with E-state index in [1.165, 1.54) is 11.1 Å². The van der Waals surface area contributed by atoms with Crippen LogP contribution in [-0.4, -0.2) is 17.4 Å². The predicted octanol–water partition coefficient (Wildman–Crippen LogP) is 6.39. The standard InChI is InChI=1S/C23H32ClNO2/c1-18-9-6-7-10-21(18)11-8-16-25(27-23(3,4)5)26-19(2)22-14-12-20(17-24)13-15-22/h6-7,9-10,12-15,19H,8,11,16-17H2,1-5H3. The average Bonchev–Trinajstić information content (AvgIpc) is 2.62. The fourth-order valence-corrected chi connectivity index (χ4v) is 3.01. The van der Waals surface area contributed by atoms with Gasteiger partial charge in [0, 0.05) is 5.88 Å². The summed E-state index contributed by atoms with van der Waals surface area (Å²) in [6.07, 6.45) is 1.85. The second kappa shape index (κ2) is 10.2. The highest BCUT2D eigenvalue weighted by Gasteiger charge is 2.20. The van der Waals surface area contributed by atoms with Gasteiger partial charge in [-0.3, -0.25) is 9.68 Å². The lowest BCUT2D eigenvalue weighted by Crippen LogP contribution is -2.35. The highest BCUT2D eigenvalue weighted by Crippen LogP contribution is 2.22. The summed E-state index contributed by atoms with van der Waals surface area (Å²) in [6.45, 7) is 11.0. The topological polar surface area (TPSA) is 21.7 Å². The van der Waals surface area contributed by atoms with Crippen LogP contribution >= 0.6 is 11.6 Å². The van der Waals surface area contributed by atoms with Crippen molar-refractivity contribution < 1.29 is 9.68 Å². The van der Waals surface area contributed by atoms with Gasteiger partial charge < -0.3 is 0 Å². The van der Waals surface area contributed by atoms with Gasteiger partial charge in [-0.05, 0) is 69.7 Å². The minimum absolute atomic E-state index is 0.102. The zero-order valence-corrected chi connectivity index (χ0v) is 17.9. The fraction of sp³-hybridized carbons (Fsp3) is 0.478. The first-order valence-corrected chi connectivity index (χ1v) is 10.1. The SMILES string of the molecule is Cc1ccccc1CCCN(OC(C)c1ccc(CCl)cc1)OC(C)(C)C. The van der Waals surface area contributed by atoms with Crippen LogP contribution in [0.1, 0.15) is 62.5 Å². The molecule has 0 N–H and O–H groups in total. The molecule has 0 heterocycles. The van der Waals surface area contributed by atoms with Crippen LogP contribution in [0.4, 0.5) is 0 Å². The van der Waals surface area contributed by atoms with Crippen molar-refractivity contribution in [3.63, 3.8) is 0 Å². The summed E-state index contributed by atoms with van der Waals surface area (Å²) in [7, 11) is 0. The predicted molar refractivity (Wildman–Crippen MR) is 113 cm³/mol. The molecule has 2 aromatic rings. The first-order valence-electron chi connectivity index (χ1n) is 9.61. The van der Waals surface area contributed by atoms with Gasteiger partial charge in [-0.1, -0.05) is 53.8 Å². The van der Waals surface area contributed by atoms with Crippen molar-refractivity contribution in [2.75, 3.05) is 6.54 Å². The normalized spacial score (nSPS) is 13.1. The van der Waals surface area contributed by atoms with E-state index in [1.54, 1.807) is 5.23 Å². The molecule has 1 atom stereocenters. The lowest BCUT2D eigenvalue weighted by atomic mass is 10.0. The van der Waals surface area contributed by atoms with Gasteiger partial charge >= 0.3 is 0 Å². The van der Waals surface area contributed by atoms with Crippen molar-refractivity contribution in [1.29, 1.82) is 0 Å². The third kappa shape index (κ3) is 7.63.